The lowest BCUT2D eigenvalue weighted by molar-refractivity contribution is -0.138. The summed E-state index contributed by atoms with van der Waals surface area (Å²) in [5, 5.41) is 6.05. The number of hydrogen-bond donors (Lipinski definition) is 2. The Hall–Kier alpha value is -3.23. The Labute approximate surface area is 139 Å². The first-order valence-electron chi connectivity index (χ1n) is 7.10. The molecule has 2 heterocycles. The van der Waals surface area contributed by atoms with Gasteiger partial charge in [0.25, 0.3) is 5.91 Å². The number of nitrogens with zero attached hydrogens (tertiary/aromatic N) is 1. The number of amides is 1. The Morgan fingerprint density at radius 2 is 1.96 bits per heavy atom. The molecule has 25 heavy (non-hydrogen) atoms. The lowest BCUT2D eigenvalue weighted by atomic mass is 10.1. The third-order valence-electron chi connectivity index (χ3n) is 3.46. The van der Waals surface area contributed by atoms with E-state index in [1.165, 1.54) is 24.5 Å². The Morgan fingerprint density at radius 1 is 1.20 bits per heavy atom. The SMILES string of the molecule is Nc1onc(-c2ccco2)c1C(=O)NCc1ccccc1C(F)(F)F. The standard InChI is InChI=1S/C16H12F3N3O3/c17-16(18,19)10-5-2-1-4-9(10)8-21-15(23)12-13(22-25-14(12)20)11-6-3-7-24-11/h1-7H,8,20H2,(H,21,23). The van der Waals surface area contributed by atoms with Crippen LogP contribution in [0.1, 0.15) is 21.5 Å². The number of benzene rings is 1. The average molecular weight is 351 g/mol. The molecule has 0 atom stereocenters. The van der Waals surface area contributed by atoms with Crippen LogP contribution in [-0.2, 0) is 12.7 Å². The van der Waals surface area contributed by atoms with Crippen molar-refractivity contribution in [3.05, 3.63) is 59.4 Å². The molecule has 3 rings (SSSR count). The molecular weight excluding hydrogens is 339 g/mol. The van der Waals surface area contributed by atoms with E-state index >= 15 is 0 Å². The minimum Gasteiger partial charge on any atom is -0.463 e. The fourth-order valence-corrected chi connectivity index (χ4v) is 2.32. The molecule has 3 N–H and O–H groups in total. The lowest BCUT2D eigenvalue weighted by Crippen LogP contribution is -2.25. The van der Waals surface area contributed by atoms with Gasteiger partial charge in [0.15, 0.2) is 11.5 Å². The molecule has 9 heteroatoms. The molecule has 3 aromatic rings. The monoisotopic (exact) mass is 351 g/mol. The van der Waals surface area contributed by atoms with Gasteiger partial charge in [-0.2, -0.15) is 13.2 Å². The highest BCUT2D eigenvalue weighted by Crippen LogP contribution is 2.32. The molecule has 1 amide bonds. The van der Waals surface area contributed by atoms with Crippen molar-refractivity contribution in [1.29, 1.82) is 0 Å². The molecule has 130 valence electrons. The lowest BCUT2D eigenvalue weighted by Gasteiger charge is -2.13. The summed E-state index contributed by atoms with van der Waals surface area (Å²) < 4.78 is 48.9. The minimum atomic E-state index is -4.52. The second kappa shape index (κ2) is 6.34. The molecule has 2 aromatic heterocycles. The zero-order valence-electron chi connectivity index (χ0n) is 12.6. The van der Waals surface area contributed by atoms with Crippen LogP contribution < -0.4 is 11.1 Å². The molecule has 1 aromatic carbocycles. The summed E-state index contributed by atoms with van der Waals surface area (Å²) in [6.45, 7) is -0.337. The van der Waals surface area contributed by atoms with Gasteiger partial charge in [-0.05, 0) is 23.8 Å². The van der Waals surface area contributed by atoms with Gasteiger partial charge >= 0.3 is 6.18 Å². The summed E-state index contributed by atoms with van der Waals surface area (Å²) in [6.07, 6.45) is -3.14. The number of furan rings is 1. The van der Waals surface area contributed by atoms with Crippen LogP contribution in [0.3, 0.4) is 0 Å². The number of alkyl halides is 3. The summed E-state index contributed by atoms with van der Waals surface area (Å²) in [7, 11) is 0. The van der Waals surface area contributed by atoms with Gasteiger partial charge in [0.1, 0.15) is 5.56 Å². The highest BCUT2D eigenvalue weighted by molar-refractivity contribution is 6.03. The van der Waals surface area contributed by atoms with Crippen LogP contribution in [0, 0.1) is 0 Å². The fraction of sp³-hybridized carbons (Fsp3) is 0.125. The van der Waals surface area contributed by atoms with Gasteiger partial charge in [-0.3, -0.25) is 4.79 Å². The summed E-state index contributed by atoms with van der Waals surface area (Å²) >= 11 is 0. The maximum absolute atomic E-state index is 13.0. The number of halogens is 3. The Kier molecular flexibility index (Phi) is 4.22. The number of nitrogens with two attached hydrogens (primary N) is 1. The summed E-state index contributed by atoms with van der Waals surface area (Å²) in [4.78, 5) is 12.4. The van der Waals surface area contributed by atoms with Crippen LogP contribution in [0.5, 0.6) is 0 Å². The topological polar surface area (TPSA) is 94.3 Å². The first-order chi connectivity index (χ1) is 11.9. The highest BCUT2D eigenvalue weighted by Gasteiger charge is 2.33. The molecule has 0 radical (unpaired) electrons. The number of nitrogen functional groups attached to an aromatic ring is 1. The van der Waals surface area contributed by atoms with Crippen LogP contribution in [0.15, 0.2) is 51.6 Å². The largest absolute Gasteiger partial charge is 0.463 e. The third kappa shape index (κ3) is 3.35. The van der Waals surface area contributed by atoms with Crippen molar-refractivity contribution >= 4 is 11.8 Å². The second-order valence-corrected chi connectivity index (χ2v) is 5.09. The molecule has 0 spiro atoms. The van der Waals surface area contributed by atoms with E-state index in [2.05, 4.69) is 10.5 Å². The summed E-state index contributed by atoms with van der Waals surface area (Å²) in [6, 6.07) is 8.10. The van der Waals surface area contributed by atoms with Crippen LogP contribution in [0.25, 0.3) is 11.5 Å². The van der Waals surface area contributed by atoms with E-state index in [0.717, 1.165) is 6.07 Å². The first kappa shape index (κ1) is 16.6. The number of hydrogen-bond acceptors (Lipinski definition) is 5. The van der Waals surface area contributed by atoms with E-state index in [4.69, 9.17) is 14.7 Å². The molecular formula is C16H12F3N3O3. The van der Waals surface area contributed by atoms with E-state index < -0.39 is 17.6 Å². The van der Waals surface area contributed by atoms with Gasteiger partial charge in [-0.15, -0.1) is 0 Å². The Bertz CT molecular complexity index is 886. The normalized spacial score (nSPS) is 11.5. The zero-order valence-corrected chi connectivity index (χ0v) is 12.6. The smallest absolute Gasteiger partial charge is 0.416 e. The van der Waals surface area contributed by atoms with Gasteiger partial charge in [0, 0.05) is 6.54 Å². The first-order valence-corrected chi connectivity index (χ1v) is 7.10. The number of carbonyl (C=O) groups is 1. The van der Waals surface area contributed by atoms with Gasteiger partial charge in [0.05, 0.1) is 11.8 Å². The van der Waals surface area contributed by atoms with Crippen molar-refractivity contribution in [3.63, 3.8) is 0 Å². The molecule has 0 bridgehead atoms. The van der Waals surface area contributed by atoms with Crippen molar-refractivity contribution < 1.29 is 26.9 Å². The van der Waals surface area contributed by atoms with Crippen molar-refractivity contribution in [1.82, 2.24) is 10.5 Å². The van der Waals surface area contributed by atoms with E-state index in [1.807, 2.05) is 0 Å². The average Bonchev–Trinajstić information content (AvgIpc) is 3.21. The number of nitrogens with one attached hydrogen (secondary N) is 1. The fourth-order valence-electron chi connectivity index (χ4n) is 2.32. The number of carbonyl (C=O) groups excluding carboxylic acids is 1. The van der Waals surface area contributed by atoms with Crippen molar-refractivity contribution in [2.75, 3.05) is 5.73 Å². The molecule has 0 saturated carbocycles. The summed E-state index contributed by atoms with van der Waals surface area (Å²) in [5.41, 5.74) is 4.69. The van der Waals surface area contributed by atoms with Gasteiger partial charge in [-0.25, -0.2) is 0 Å². The Morgan fingerprint density at radius 3 is 2.64 bits per heavy atom. The molecule has 0 unspecified atom stereocenters. The highest BCUT2D eigenvalue weighted by atomic mass is 19.4. The predicted octanol–water partition coefficient (Wildman–Crippen LogP) is 3.47. The molecule has 0 fully saturated rings. The molecule has 0 saturated heterocycles. The predicted molar refractivity (Wildman–Crippen MR) is 81.2 cm³/mol. The second-order valence-electron chi connectivity index (χ2n) is 5.09. The van der Waals surface area contributed by atoms with E-state index in [-0.39, 0.29) is 35.0 Å². The van der Waals surface area contributed by atoms with Crippen LogP contribution >= 0.6 is 0 Å². The molecule has 0 aliphatic rings. The zero-order chi connectivity index (χ0) is 18.0. The minimum absolute atomic E-state index is 0.0714. The Balaban J connectivity index is 1.83. The van der Waals surface area contributed by atoms with E-state index in [0.29, 0.717) is 0 Å². The molecule has 0 aliphatic carbocycles. The van der Waals surface area contributed by atoms with Crippen molar-refractivity contribution in [2.45, 2.75) is 12.7 Å². The number of rotatable bonds is 4. The van der Waals surface area contributed by atoms with Crippen LogP contribution in [0.4, 0.5) is 19.1 Å². The van der Waals surface area contributed by atoms with Crippen molar-refractivity contribution in [2.24, 2.45) is 0 Å². The molecule has 6 nitrogen and oxygen atoms in total. The summed E-state index contributed by atoms with van der Waals surface area (Å²) in [5.74, 6) is -0.726. The maximum Gasteiger partial charge on any atom is 0.416 e. The maximum atomic E-state index is 13.0. The van der Waals surface area contributed by atoms with E-state index in [1.54, 1.807) is 12.1 Å². The van der Waals surface area contributed by atoms with Crippen molar-refractivity contribution in [3.8, 4) is 11.5 Å². The van der Waals surface area contributed by atoms with Gasteiger partial charge < -0.3 is 20.0 Å². The van der Waals surface area contributed by atoms with Gasteiger partial charge in [0.2, 0.25) is 5.88 Å². The third-order valence-corrected chi connectivity index (χ3v) is 3.46. The number of aromatic nitrogens is 1. The van der Waals surface area contributed by atoms with Crippen LogP contribution in [-0.4, -0.2) is 11.1 Å². The van der Waals surface area contributed by atoms with Gasteiger partial charge in [-0.1, -0.05) is 23.4 Å². The quantitative estimate of drug-likeness (QED) is 0.751. The number of anilines is 1. The molecule has 0 aliphatic heterocycles. The van der Waals surface area contributed by atoms with E-state index in [9.17, 15) is 18.0 Å². The van der Waals surface area contributed by atoms with Crippen LogP contribution in [0.2, 0.25) is 0 Å².